The minimum absolute atomic E-state index is 0.199. The van der Waals surface area contributed by atoms with Crippen LogP contribution in [0, 0.1) is 11.3 Å². The van der Waals surface area contributed by atoms with Gasteiger partial charge in [-0.2, -0.15) is 0 Å². The molecule has 8 heteroatoms. The summed E-state index contributed by atoms with van der Waals surface area (Å²) in [6.45, 7) is 0.971. The van der Waals surface area contributed by atoms with Gasteiger partial charge in [0.2, 0.25) is 5.76 Å². The fourth-order valence-corrected chi connectivity index (χ4v) is 4.87. The number of nitrogens with zero attached hydrogens (tertiary/aromatic N) is 3. The minimum atomic E-state index is -0.600. The number of nitrogens with one attached hydrogen (secondary N) is 1. The molecular formula is C25H23ClN4O3. The second-order valence-corrected chi connectivity index (χ2v) is 8.73. The molecule has 2 aliphatic rings. The summed E-state index contributed by atoms with van der Waals surface area (Å²) in [5, 5.41) is 12.8. The number of hydrogen-bond acceptors (Lipinski definition) is 6. The second kappa shape index (κ2) is 8.48. The quantitative estimate of drug-likeness (QED) is 0.568. The molecule has 168 valence electrons. The van der Waals surface area contributed by atoms with E-state index in [1.807, 2.05) is 36.4 Å². The van der Waals surface area contributed by atoms with E-state index in [1.54, 1.807) is 30.1 Å². The minimum Gasteiger partial charge on any atom is -0.485 e. The van der Waals surface area contributed by atoms with E-state index in [1.165, 1.54) is 6.21 Å². The average Bonchev–Trinajstić information content (AvgIpc) is 3.34. The van der Waals surface area contributed by atoms with Crippen LogP contribution < -0.4 is 4.74 Å². The fourth-order valence-electron chi connectivity index (χ4n) is 4.75. The van der Waals surface area contributed by atoms with Gasteiger partial charge in [-0.15, -0.1) is 0 Å². The summed E-state index contributed by atoms with van der Waals surface area (Å²) in [5.74, 6) is 0.505. The van der Waals surface area contributed by atoms with Crippen LogP contribution in [-0.4, -0.2) is 53.6 Å². The van der Waals surface area contributed by atoms with E-state index in [-0.39, 0.29) is 17.6 Å². The molecule has 2 aliphatic heterocycles. The van der Waals surface area contributed by atoms with Gasteiger partial charge < -0.3 is 19.6 Å². The Morgan fingerprint density at radius 3 is 2.64 bits per heavy atom. The summed E-state index contributed by atoms with van der Waals surface area (Å²) >= 11 is 5.95. The number of fused-ring (bicyclic) bond motifs is 1. The third-order valence-corrected chi connectivity index (χ3v) is 6.76. The van der Waals surface area contributed by atoms with Crippen molar-refractivity contribution in [1.82, 2.24) is 10.1 Å². The van der Waals surface area contributed by atoms with Crippen LogP contribution in [0.4, 0.5) is 0 Å². The number of likely N-dealkylation sites (tertiary alicyclic amines) is 1. The zero-order valence-corrected chi connectivity index (χ0v) is 18.9. The van der Waals surface area contributed by atoms with Crippen LogP contribution in [0.3, 0.4) is 0 Å². The maximum absolute atomic E-state index is 13.1. The maximum atomic E-state index is 13.1. The average molecular weight is 463 g/mol. The molecular weight excluding hydrogens is 440 g/mol. The van der Waals surface area contributed by atoms with Crippen molar-refractivity contribution in [3.05, 3.63) is 70.9 Å². The van der Waals surface area contributed by atoms with Crippen LogP contribution in [0.15, 0.2) is 64.1 Å². The van der Waals surface area contributed by atoms with E-state index in [2.05, 4.69) is 10.1 Å². The van der Waals surface area contributed by atoms with Gasteiger partial charge in [-0.05, 0) is 24.3 Å². The fraction of sp³-hybridized carbons (Fsp3) is 0.280. The molecule has 5 rings (SSSR count). The van der Waals surface area contributed by atoms with Gasteiger partial charge in [-0.25, -0.2) is 0 Å². The molecule has 3 aromatic rings. The third kappa shape index (κ3) is 3.72. The molecule has 0 saturated carbocycles. The molecule has 1 saturated heterocycles. The van der Waals surface area contributed by atoms with Gasteiger partial charge in [0.15, 0.2) is 0 Å². The summed E-state index contributed by atoms with van der Waals surface area (Å²) in [6.07, 6.45) is 2.60. The summed E-state index contributed by atoms with van der Waals surface area (Å²) in [4.78, 5) is 19.4. The van der Waals surface area contributed by atoms with Crippen LogP contribution >= 0.6 is 11.6 Å². The van der Waals surface area contributed by atoms with E-state index >= 15 is 0 Å². The lowest BCUT2D eigenvalue weighted by Crippen LogP contribution is -2.58. The highest BCUT2D eigenvalue weighted by atomic mass is 35.5. The molecule has 0 aliphatic carbocycles. The Labute approximate surface area is 196 Å². The van der Waals surface area contributed by atoms with Crippen LogP contribution in [0.5, 0.6) is 5.75 Å². The lowest BCUT2D eigenvalue weighted by molar-refractivity contribution is -0.00954. The number of amides is 1. The topological polar surface area (TPSA) is 91.8 Å². The molecule has 0 radical (unpaired) electrons. The molecule has 7 nitrogen and oxygen atoms in total. The van der Waals surface area contributed by atoms with Gasteiger partial charge >= 0.3 is 0 Å². The Hall–Kier alpha value is -3.45. The Morgan fingerprint density at radius 2 is 1.94 bits per heavy atom. The number of hydrogen-bond donors (Lipinski definition) is 1. The molecule has 1 fully saturated rings. The monoisotopic (exact) mass is 462 g/mol. The Bertz CT molecular complexity index is 1230. The number of halogens is 1. The van der Waals surface area contributed by atoms with Crippen LogP contribution in [0.1, 0.15) is 29.0 Å². The van der Waals surface area contributed by atoms with Crippen molar-refractivity contribution >= 4 is 29.4 Å². The largest absolute Gasteiger partial charge is 0.485 e. The third-order valence-electron chi connectivity index (χ3n) is 6.50. The summed E-state index contributed by atoms with van der Waals surface area (Å²) in [6, 6.07) is 16.7. The Morgan fingerprint density at radius 1 is 1.21 bits per heavy atom. The molecule has 1 amide bonds. The highest BCUT2D eigenvalue weighted by molar-refractivity contribution is 6.30. The maximum Gasteiger partial charge on any atom is 0.292 e. The molecule has 3 heterocycles. The van der Waals surface area contributed by atoms with Crippen molar-refractivity contribution in [1.29, 1.82) is 5.41 Å². The smallest absolute Gasteiger partial charge is 0.292 e. The molecule has 1 atom stereocenters. The number of piperidine rings is 1. The van der Waals surface area contributed by atoms with E-state index < -0.39 is 5.60 Å². The van der Waals surface area contributed by atoms with Crippen LogP contribution in [-0.2, 0) is 0 Å². The van der Waals surface area contributed by atoms with Crippen molar-refractivity contribution in [2.45, 2.75) is 18.4 Å². The van der Waals surface area contributed by atoms with Gasteiger partial charge in [-0.3, -0.25) is 9.79 Å². The van der Waals surface area contributed by atoms with Gasteiger partial charge in [0, 0.05) is 61.4 Å². The van der Waals surface area contributed by atoms with Crippen molar-refractivity contribution in [3.63, 3.8) is 0 Å². The highest BCUT2D eigenvalue weighted by Gasteiger charge is 2.49. The molecule has 33 heavy (non-hydrogen) atoms. The van der Waals surface area contributed by atoms with E-state index in [4.69, 9.17) is 26.3 Å². The standard InChI is InChI=1S/C25H23ClN4O3/c1-28-23-18-4-2-3-5-21(18)32-25(19(23)15-27)10-12-30(13-11-25)24(31)22-14-20(29-33-22)16-6-8-17(26)9-7-16/h2-9,14-15,19,27H,10-13H2,1H3. The normalized spacial score (nSPS) is 20.4. The predicted molar refractivity (Wildman–Crippen MR) is 127 cm³/mol. The van der Waals surface area contributed by atoms with Crippen LogP contribution in [0.25, 0.3) is 11.3 Å². The lowest BCUT2D eigenvalue weighted by atomic mass is 9.73. The van der Waals surface area contributed by atoms with Crippen molar-refractivity contribution in [2.75, 3.05) is 20.1 Å². The van der Waals surface area contributed by atoms with Gasteiger partial charge in [-0.1, -0.05) is 41.0 Å². The number of ether oxygens (including phenoxy) is 1. The molecule has 1 spiro atoms. The molecule has 0 bridgehead atoms. The molecule has 1 unspecified atom stereocenters. The van der Waals surface area contributed by atoms with Crippen LogP contribution in [0.2, 0.25) is 5.02 Å². The van der Waals surface area contributed by atoms with Gasteiger partial charge in [0.25, 0.3) is 5.91 Å². The number of benzene rings is 2. The SMILES string of the molecule is CN=C1c2ccccc2OC2(CCN(C(=O)c3cc(-c4ccc(Cl)cc4)no3)CC2)C1C=N. The van der Waals surface area contributed by atoms with E-state index in [0.29, 0.717) is 36.6 Å². The zero-order valence-electron chi connectivity index (χ0n) is 18.1. The summed E-state index contributed by atoms with van der Waals surface area (Å²) in [5.41, 5.74) is 2.60. The van der Waals surface area contributed by atoms with E-state index in [0.717, 1.165) is 22.6 Å². The summed E-state index contributed by atoms with van der Waals surface area (Å²) in [7, 11) is 1.75. The number of carbonyl (C=O) groups excluding carboxylic acids is 1. The predicted octanol–water partition coefficient (Wildman–Crippen LogP) is 4.75. The van der Waals surface area contributed by atoms with Gasteiger partial charge in [0.1, 0.15) is 17.0 Å². The molecule has 1 N–H and O–H groups in total. The first-order valence-electron chi connectivity index (χ1n) is 10.8. The van der Waals surface area contributed by atoms with E-state index in [9.17, 15) is 4.79 Å². The summed E-state index contributed by atoms with van der Waals surface area (Å²) < 4.78 is 11.8. The number of aromatic nitrogens is 1. The first kappa shape index (κ1) is 21.4. The van der Waals surface area contributed by atoms with Crippen molar-refractivity contribution in [3.8, 4) is 17.0 Å². The lowest BCUT2D eigenvalue weighted by Gasteiger charge is -2.48. The Kier molecular flexibility index (Phi) is 5.50. The Balaban J connectivity index is 1.34. The van der Waals surface area contributed by atoms with Crippen molar-refractivity contribution in [2.24, 2.45) is 10.9 Å². The number of para-hydroxylation sites is 1. The molecule has 1 aromatic heterocycles. The first-order chi connectivity index (χ1) is 16.0. The zero-order chi connectivity index (χ0) is 23.0. The first-order valence-corrected chi connectivity index (χ1v) is 11.2. The molecule has 2 aromatic carbocycles. The number of aliphatic imine (C=N–C) groups is 1. The van der Waals surface area contributed by atoms with Gasteiger partial charge in [0.05, 0.1) is 11.6 Å². The highest BCUT2D eigenvalue weighted by Crippen LogP contribution is 2.42. The van der Waals surface area contributed by atoms with Crippen molar-refractivity contribution < 1.29 is 14.1 Å². The second-order valence-electron chi connectivity index (χ2n) is 8.29. The number of rotatable bonds is 3. The number of carbonyl (C=O) groups is 1.